The molecule has 0 bridgehead atoms. The van der Waals surface area contributed by atoms with Crippen molar-refractivity contribution in [2.45, 2.75) is 32.6 Å². The Morgan fingerprint density at radius 2 is 2.22 bits per heavy atom. The molecule has 0 spiro atoms. The van der Waals surface area contributed by atoms with Crippen LogP contribution in [-0.2, 0) is 4.79 Å². The maximum Gasteiger partial charge on any atom is 0.224 e. The molecule has 0 aromatic heterocycles. The normalized spacial score (nSPS) is 17.1. The number of amides is 1. The maximum absolute atomic E-state index is 12.0. The van der Waals surface area contributed by atoms with E-state index in [0.29, 0.717) is 18.0 Å². The van der Waals surface area contributed by atoms with E-state index in [1.54, 1.807) is 6.07 Å². The number of carbonyl (C=O) groups excluding carboxylic acids is 1. The Balaban J connectivity index is 1.98. The summed E-state index contributed by atoms with van der Waals surface area (Å²) in [6.07, 6.45) is 3.84. The molecule has 0 aliphatic heterocycles. The number of rotatable bonds is 4. The van der Waals surface area contributed by atoms with Crippen LogP contribution < -0.4 is 11.1 Å². The van der Waals surface area contributed by atoms with Crippen LogP contribution in [0.2, 0.25) is 5.02 Å². The van der Waals surface area contributed by atoms with Crippen molar-refractivity contribution < 1.29 is 4.79 Å². The Labute approximate surface area is 113 Å². The van der Waals surface area contributed by atoms with Crippen LogP contribution in [0.4, 0.5) is 5.69 Å². The number of anilines is 1. The highest BCUT2D eigenvalue weighted by molar-refractivity contribution is 6.30. The molecule has 1 aromatic rings. The first-order valence-electron chi connectivity index (χ1n) is 6.31. The number of nitrogens with two attached hydrogens (primary N) is 1. The minimum absolute atomic E-state index is 0.0460. The van der Waals surface area contributed by atoms with E-state index in [1.807, 2.05) is 19.1 Å². The predicted octanol–water partition coefficient (Wildman–Crippen LogP) is 3.11. The number of hydrogen-bond donors (Lipinski definition) is 2. The second-order valence-corrected chi connectivity index (χ2v) is 5.68. The monoisotopic (exact) mass is 266 g/mol. The number of halogens is 1. The van der Waals surface area contributed by atoms with Gasteiger partial charge in [-0.2, -0.15) is 0 Å². The molecular formula is C14H19ClN2O. The molecular weight excluding hydrogens is 248 g/mol. The first-order chi connectivity index (χ1) is 8.54. The number of nitrogens with one attached hydrogen (secondary N) is 1. The van der Waals surface area contributed by atoms with Crippen molar-refractivity contribution in [3.63, 3.8) is 0 Å². The summed E-state index contributed by atoms with van der Waals surface area (Å²) in [5, 5.41) is 3.63. The smallest absolute Gasteiger partial charge is 0.224 e. The van der Waals surface area contributed by atoms with E-state index in [2.05, 4.69) is 5.32 Å². The van der Waals surface area contributed by atoms with Crippen LogP contribution in [0.5, 0.6) is 0 Å². The van der Waals surface area contributed by atoms with Gasteiger partial charge in [0.2, 0.25) is 5.91 Å². The molecule has 1 amide bonds. The summed E-state index contributed by atoms with van der Waals surface area (Å²) in [6.45, 7) is 2.53. The molecule has 0 saturated heterocycles. The first-order valence-corrected chi connectivity index (χ1v) is 6.69. The Bertz CT molecular complexity index is 450. The standard InChI is InChI=1S/C14H19ClN2O/c1-10-7-11(15)3-4-12(10)17-13(18)8-14(9-16)5-2-6-14/h3-4,7H,2,5-6,8-9,16H2,1H3,(H,17,18). The molecule has 18 heavy (non-hydrogen) atoms. The van der Waals surface area contributed by atoms with E-state index in [9.17, 15) is 4.79 Å². The molecule has 3 N–H and O–H groups in total. The van der Waals surface area contributed by atoms with Crippen molar-refractivity contribution in [1.82, 2.24) is 0 Å². The molecule has 0 unspecified atom stereocenters. The zero-order valence-corrected chi connectivity index (χ0v) is 11.4. The fourth-order valence-corrected chi connectivity index (χ4v) is 2.66. The van der Waals surface area contributed by atoms with Crippen LogP contribution in [0.15, 0.2) is 18.2 Å². The molecule has 4 heteroatoms. The summed E-state index contributed by atoms with van der Waals surface area (Å²) in [4.78, 5) is 12.0. The van der Waals surface area contributed by atoms with Gasteiger partial charge in [0.25, 0.3) is 0 Å². The molecule has 0 radical (unpaired) electrons. The number of benzene rings is 1. The van der Waals surface area contributed by atoms with Gasteiger partial charge in [0.15, 0.2) is 0 Å². The van der Waals surface area contributed by atoms with Crippen LogP contribution in [-0.4, -0.2) is 12.5 Å². The lowest BCUT2D eigenvalue weighted by atomic mass is 9.66. The van der Waals surface area contributed by atoms with E-state index in [-0.39, 0.29) is 11.3 Å². The number of carbonyl (C=O) groups is 1. The second-order valence-electron chi connectivity index (χ2n) is 5.24. The van der Waals surface area contributed by atoms with Gasteiger partial charge >= 0.3 is 0 Å². The van der Waals surface area contributed by atoms with E-state index < -0.39 is 0 Å². The fraction of sp³-hybridized carbons (Fsp3) is 0.500. The van der Waals surface area contributed by atoms with Crippen molar-refractivity contribution in [2.75, 3.05) is 11.9 Å². The van der Waals surface area contributed by atoms with Crippen molar-refractivity contribution in [3.05, 3.63) is 28.8 Å². The SMILES string of the molecule is Cc1cc(Cl)ccc1NC(=O)CC1(CN)CCC1. The van der Waals surface area contributed by atoms with Gasteiger partial charge in [0, 0.05) is 17.1 Å². The molecule has 1 aliphatic carbocycles. The average molecular weight is 267 g/mol. The molecule has 2 rings (SSSR count). The number of hydrogen-bond acceptors (Lipinski definition) is 2. The molecule has 0 heterocycles. The summed E-state index contributed by atoms with van der Waals surface area (Å²) in [5.74, 6) is 0.0468. The van der Waals surface area contributed by atoms with E-state index in [4.69, 9.17) is 17.3 Å². The lowest BCUT2D eigenvalue weighted by Crippen LogP contribution is -2.40. The first kappa shape index (κ1) is 13.4. The average Bonchev–Trinajstić information content (AvgIpc) is 2.27. The van der Waals surface area contributed by atoms with Gasteiger partial charge in [0.05, 0.1) is 0 Å². The minimum atomic E-state index is 0.0460. The lowest BCUT2D eigenvalue weighted by Gasteiger charge is -2.40. The zero-order valence-electron chi connectivity index (χ0n) is 10.6. The van der Waals surface area contributed by atoms with Crippen molar-refractivity contribution in [3.8, 4) is 0 Å². The third-order valence-corrected chi connectivity index (χ3v) is 4.08. The van der Waals surface area contributed by atoms with Gasteiger partial charge < -0.3 is 11.1 Å². The van der Waals surface area contributed by atoms with E-state index in [0.717, 1.165) is 24.1 Å². The summed E-state index contributed by atoms with van der Waals surface area (Å²) < 4.78 is 0. The molecule has 3 nitrogen and oxygen atoms in total. The van der Waals surface area contributed by atoms with Crippen LogP contribution in [0.25, 0.3) is 0 Å². The van der Waals surface area contributed by atoms with Gasteiger partial charge in [-0.15, -0.1) is 0 Å². The lowest BCUT2D eigenvalue weighted by molar-refractivity contribution is -0.119. The Hall–Kier alpha value is -1.06. The van der Waals surface area contributed by atoms with Gasteiger partial charge in [-0.1, -0.05) is 18.0 Å². The molecule has 1 fully saturated rings. The van der Waals surface area contributed by atoms with Gasteiger partial charge in [-0.25, -0.2) is 0 Å². The zero-order chi connectivity index (χ0) is 13.2. The summed E-state index contributed by atoms with van der Waals surface area (Å²) in [5.41, 5.74) is 7.62. The van der Waals surface area contributed by atoms with Crippen molar-refractivity contribution in [2.24, 2.45) is 11.1 Å². The van der Waals surface area contributed by atoms with Crippen molar-refractivity contribution >= 4 is 23.2 Å². The Kier molecular flexibility index (Phi) is 3.93. The molecule has 1 aromatic carbocycles. The minimum Gasteiger partial charge on any atom is -0.330 e. The van der Waals surface area contributed by atoms with E-state index >= 15 is 0 Å². The highest BCUT2D eigenvalue weighted by atomic mass is 35.5. The third kappa shape index (κ3) is 2.85. The molecule has 1 aliphatic rings. The third-order valence-electron chi connectivity index (χ3n) is 3.85. The van der Waals surface area contributed by atoms with Gasteiger partial charge in [0.1, 0.15) is 0 Å². The van der Waals surface area contributed by atoms with E-state index in [1.165, 1.54) is 6.42 Å². The Morgan fingerprint density at radius 1 is 1.50 bits per heavy atom. The highest BCUT2D eigenvalue weighted by Gasteiger charge is 2.37. The van der Waals surface area contributed by atoms with Crippen LogP contribution >= 0.6 is 11.6 Å². The largest absolute Gasteiger partial charge is 0.330 e. The number of aryl methyl sites for hydroxylation is 1. The fourth-order valence-electron chi connectivity index (χ4n) is 2.43. The molecule has 1 saturated carbocycles. The Morgan fingerprint density at radius 3 is 2.72 bits per heavy atom. The van der Waals surface area contributed by atoms with Crippen LogP contribution in [0.1, 0.15) is 31.2 Å². The van der Waals surface area contributed by atoms with Crippen LogP contribution in [0, 0.1) is 12.3 Å². The van der Waals surface area contributed by atoms with Gasteiger partial charge in [-0.3, -0.25) is 4.79 Å². The van der Waals surface area contributed by atoms with Crippen molar-refractivity contribution in [1.29, 1.82) is 0 Å². The molecule has 0 atom stereocenters. The van der Waals surface area contributed by atoms with Gasteiger partial charge in [-0.05, 0) is 55.5 Å². The predicted molar refractivity (Wildman–Crippen MR) is 74.8 cm³/mol. The maximum atomic E-state index is 12.0. The quantitative estimate of drug-likeness (QED) is 0.880. The topological polar surface area (TPSA) is 55.1 Å². The summed E-state index contributed by atoms with van der Waals surface area (Å²) in [7, 11) is 0. The summed E-state index contributed by atoms with van der Waals surface area (Å²) in [6, 6.07) is 5.47. The molecule has 98 valence electrons. The summed E-state index contributed by atoms with van der Waals surface area (Å²) >= 11 is 5.88. The highest BCUT2D eigenvalue weighted by Crippen LogP contribution is 2.43. The second kappa shape index (κ2) is 5.29. The van der Waals surface area contributed by atoms with Crippen LogP contribution in [0.3, 0.4) is 0 Å².